The molecule has 0 heterocycles. The minimum absolute atomic E-state index is 0.188. The van der Waals surface area contributed by atoms with Gasteiger partial charge in [-0.05, 0) is 40.7 Å². The summed E-state index contributed by atoms with van der Waals surface area (Å²) in [6.45, 7) is 18.3. The van der Waals surface area contributed by atoms with Crippen molar-refractivity contribution in [1.29, 1.82) is 0 Å². The van der Waals surface area contributed by atoms with E-state index in [2.05, 4.69) is 56.7 Å². The molecule has 5 heteroatoms. The van der Waals surface area contributed by atoms with Gasteiger partial charge in [0.2, 0.25) is 5.91 Å². The van der Waals surface area contributed by atoms with Crippen LogP contribution in [-0.4, -0.2) is 66.6 Å². The van der Waals surface area contributed by atoms with Gasteiger partial charge in [-0.25, -0.2) is 0 Å². The standard InChI is InChI=1S/C18H40N4O/c1-7-9-10-17(18(19)23)20-11-12-22(16(5)6)14-13-21(8-2)15(3)4/h15-17,20H,7-14H2,1-6H3,(H2,19,23). The van der Waals surface area contributed by atoms with Gasteiger partial charge in [-0.15, -0.1) is 0 Å². The summed E-state index contributed by atoms with van der Waals surface area (Å²) < 4.78 is 0. The van der Waals surface area contributed by atoms with Crippen LogP contribution in [0.25, 0.3) is 0 Å². The maximum Gasteiger partial charge on any atom is 0.234 e. The van der Waals surface area contributed by atoms with Gasteiger partial charge < -0.3 is 11.1 Å². The fourth-order valence-corrected chi connectivity index (χ4v) is 2.80. The Morgan fingerprint density at radius 2 is 1.57 bits per heavy atom. The van der Waals surface area contributed by atoms with Crippen LogP contribution in [0.5, 0.6) is 0 Å². The highest BCUT2D eigenvalue weighted by Crippen LogP contribution is 2.03. The minimum Gasteiger partial charge on any atom is -0.368 e. The van der Waals surface area contributed by atoms with Crippen molar-refractivity contribution in [2.45, 2.75) is 78.9 Å². The Morgan fingerprint density at radius 1 is 1.00 bits per heavy atom. The second kappa shape index (κ2) is 12.7. The van der Waals surface area contributed by atoms with Crippen LogP contribution >= 0.6 is 0 Å². The zero-order valence-electron chi connectivity index (χ0n) is 16.3. The predicted octanol–water partition coefficient (Wildman–Crippen LogP) is 2.06. The molecular formula is C18H40N4O. The second-order valence-corrected chi connectivity index (χ2v) is 6.90. The average Bonchev–Trinajstić information content (AvgIpc) is 2.47. The van der Waals surface area contributed by atoms with Crippen molar-refractivity contribution in [3.8, 4) is 0 Å². The highest BCUT2D eigenvalue weighted by Gasteiger charge is 2.16. The van der Waals surface area contributed by atoms with Crippen LogP contribution in [0.3, 0.4) is 0 Å². The summed E-state index contributed by atoms with van der Waals surface area (Å²) in [5.74, 6) is -0.230. The van der Waals surface area contributed by atoms with E-state index in [1.807, 2.05) is 0 Å². The molecular weight excluding hydrogens is 288 g/mol. The van der Waals surface area contributed by atoms with E-state index in [0.717, 1.165) is 52.0 Å². The molecule has 0 saturated heterocycles. The van der Waals surface area contributed by atoms with Crippen LogP contribution in [0, 0.1) is 0 Å². The lowest BCUT2D eigenvalue weighted by molar-refractivity contribution is -0.120. The van der Waals surface area contributed by atoms with Gasteiger partial charge in [-0.2, -0.15) is 0 Å². The zero-order valence-corrected chi connectivity index (χ0v) is 16.3. The Kier molecular flexibility index (Phi) is 12.4. The van der Waals surface area contributed by atoms with E-state index in [1.54, 1.807) is 0 Å². The molecule has 0 radical (unpaired) electrons. The molecule has 0 bridgehead atoms. The topological polar surface area (TPSA) is 61.6 Å². The number of likely N-dealkylation sites (N-methyl/N-ethyl adjacent to an activating group) is 1. The zero-order chi connectivity index (χ0) is 17.8. The first-order chi connectivity index (χ1) is 10.8. The molecule has 1 amide bonds. The molecule has 0 aromatic rings. The quantitative estimate of drug-likeness (QED) is 0.512. The van der Waals surface area contributed by atoms with Crippen LogP contribution < -0.4 is 11.1 Å². The molecule has 0 spiro atoms. The number of nitrogens with one attached hydrogen (secondary N) is 1. The van der Waals surface area contributed by atoms with Gasteiger partial charge in [-0.1, -0.05) is 26.7 Å². The van der Waals surface area contributed by atoms with Gasteiger partial charge in [0.15, 0.2) is 0 Å². The highest BCUT2D eigenvalue weighted by molar-refractivity contribution is 5.79. The summed E-state index contributed by atoms with van der Waals surface area (Å²) >= 11 is 0. The predicted molar refractivity (Wildman–Crippen MR) is 99.6 cm³/mol. The van der Waals surface area contributed by atoms with Gasteiger partial charge >= 0.3 is 0 Å². The van der Waals surface area contributed by atoms with E-state index in [1.165, 1.54) is 0 Å². The summed E-state index contributed by atoms with van der Waals surface area (Å²) in [6.07, 6.45) is 2.96. The monoisotopic (exact) mass is 328 g/mol. The number of primary amides is 1. The average molecular weight is 329 g/mol. The Balaban J connectivity index is 4.29. The van der Waals surface area contributed by atoms with E-state index in [-0.39, 0.29) is 11.9 Å². The van der Waals surface area contributed by atoms with E-state index in [9.17, 15) is 4.79 Å². The van der Waals surface area contributed by atoms with Crippen molar-refractivity contribution >= 4 is 5.91 Å². The summed E-state index contributed by atoms with van der Waals surface area (Å²) in [7, 11) is 0. The molecule has 0 aliphatic carbocycles. The number of nitrogens with zero attached hydrogens (tertiary/aromatic N) is 2. The molecule has 0 fully saturated rings. The lowest BCUT2D eigenvalue weighted by Crippen LogP contribution is -2.47. The van der Waals surface area contributed by atoms with Crippen LogP contribution in [-0.2, 0) is 4.79 Å². The van der Waals surface area contributed by atoms with Gasteiger partial charge in [0.1, 0.15) is 0 Å². The summed E-state index contributed by atoms with van der Waals surface area (Å²) in [4.78, 5) is 16.4. The molecule has 3 N–H and O–H groups in total. The van der Waals surface area contributed by atoms with E-state index >= 15 is 0 Å². The van der Waals surface area contributed by atoms with E-state index in [0.29, 0.717) is 12.1 Å². The number of rotatable bonds is 14. The summed E-state index contributed by atoms with van der Waals surface area (Å²) in [5, 5.41) is 3.33. The number of carbonyl (C=O) groups is 1. The molecule has 23 heavy (non-hydrogen) atoms. The molecule has 0 rings (SSSR count). The Morgan fingerprint density at radius 3 is 2.00 bits per heavy atom. The van der Waals surface area contributed by atoms with Crippen molar-refractivity contribution in [1.82, 2.24) is 15.1 Å². The second-order valence-electron chi connectivity index (χ2n) is 6.90. The van der Waals surface area contributed by atoms with Crippen LogP contribution in [0.4, 0.5) is 0 Å². The fraction of sp³-hybridized carbons (Fsp3) is 0.944. The molecule has 0 saturated carbocycles. The molecule has 138 valence electrons. The first kappa shape index (κ1) is 22.4. The number of hydrogen-bond donors (Lipinski definition) is 2. The van der Waals surface area contributed by atoms with E-state index < -0.39 is 0 Å². The van der Waals surface area contributed by atoms with Crippen LogP contribution in [0.1, 0.15) is 60.8 Å². The molecule has 0 aromatic heterocycles. The summed E-state index contributed by atoms with van der Waals surface area (Å²) in [5.41, 5.74) is 5.48. The first-order valence-corrected chi connectivity index (χ1v) is 9.34. The Labute approximate surface area is 144 Å². The minimum atomic E-state index is -0.230. The number of carbonyl (C=O) groups excluding carboxylic acids is 1. The number of unbranched alkanes of at least 4 members (excludes halogenated alkanes) is 1. The molecule has 0 aliphatic heterocycles. The maximum atomic E-state index is 11.5. The van der Waals surface area contributed by atoms with Gasteiger partial charge in [0.05, 0.1) is 6.04 Å². The van der Waals surface area contributed by atoms with Crippen molar-refractivity contribution in [3.63, 3.8) is 0 Å². The van der Waals surface area contributed by atoms with Crippen LogP contribution in [0.15, 0.2) is 0 Å². The molecule has 0 aromatic carbocycles. The largest absolute Gasteiger partial charge is 0.368 e. The third-order valence-electron chi connectivity index (χ3n) is 4.52. The van der Waals surface area contributed by atoms with Crippen molar-refractivity contribution < 1.29 is 4.79 Å². The maximum absolute atomic E-state index is 11.5. The molecule has 5 nitrogen and oxygen atoms in total. The lowest BCUT2D eigenvalue weighted by atomic mass is 10.1. The Hall–Kier alpha value is -0.650. The van der Waals surface area contributed by atoms with Crippen molar-refractivity contribution in [3.05, 3.63) is 0 Å². The first-order valence-electron chi connectivity index (χ1n) is 9.34. The lowest BCUT2D eigenvalue weighted by Gasteiger charge is -2.32. The fourth-order valence-electron chi connectivity index (χ4n) is 2.80. The summed E-state index contributed by atoms with van der Waals surface area (Å²) in [6, 6.07) is 0.900. The smallest absolute Gasteiger partial charge is 0.234 e. The third kappa shape index (κ3) is 9.95. The van der Waals surface area contributed by atoms with Gasteiger partial charge in [-0.3, -0.25) is 14.6 Å². The molecule has 1 atom stereocenters. The van der Waals surface area contributed by atoms with Crippen LogP contribution in [0.2, 0.25) is 0 Å². The third-order valence-corrected chi connectivity index (χ3v) is 4.52. The number of hydrogen-bond acceptors (Lipinski definition) is 4. The van der Waals surface area contributed by atoms with Gasteiger partial charge in [0.25, 0.3) is 0 Å². The van der Waals surface area contributed by atoms with E-state index in [4.69, 9.17) is 5.73 Å². The Bertz CT molecular complexity index is 307. The normalized spacial score (nSPS) is 13.5. The number of nitrogens with two attached hydrogens (primary N) is 1. The molecule has 1 unspecified atom stereocenters. The highest BCUT2D eigenvalue weighted by atomic mass is 16.1. The van der Waals surface area contributed by atoms with Crippen molar-refractivity contribution in [2.24, 2.45) is 5.73 Å². The SMILES string of the molecule is CCCCC(NCCN(CCN(CC)C(C)C)C(C)C)C(N)=O. The van der Waals surface area contributed by atoms with Gasteiger partial charge in [0, 0.05) is 38.3 Å². The molecule has 0 aliphatic rings. The number of amides is 1. The van der Waals surface area contributed by atoms with Crippen molar-refractivity contribution in [2.75, 3.05) is 32.7 Å².